The molecule has 0 radical (unpaired) electrons. The third-order valence-electron chi connectivity index (χ3n) is 8.28. The Morgan fingerprint density at radius 1 is 1.16 bits per heavy atom. The zero-order valence-corrected chi connectivity index (χ0v) is 21.7. The van der Waals surface area contributed by atoms with Crippen molar-refractivity contribution in [3.63, 3.8) is 0 Å². The van der Waals surface area contributed by atoms with Crippen molar-refractivity contribution in [1.29, 1.82) is 0 Å². The molecule has 5 heterocycles. The number of hydrogen-bond donors (Lipinski definition) is 2. The molecule has 3 aliphatic rings. The van der Waals surface area contributed by atoms with Crippen LogP contribution in [0.4, 0.5) is 10.2 Å². The molecule has 0 saturated carbocycles. The molecule has 3 aliphatic heterocycles. The Bertz CT molecular complexity index is 1530. The number of aryl methyl sites for hydroxylation is 1. The van der Waals surface area contributed by atoms with Gasteiger partial charge < -0.3 is 19.9 Å². The summed E-state index contributed by atoms with van der Waals surface area (Å²) in [5, 5.41) is 12.3. The van der Waals surface area contributed by atoms with E-state index in [4.69, 9.17) is 21.3 Å². The number of rotatable bonds is 4. The van der Waals surface area contributed by atoms with Gasteiger partial charge >= 0.3 is 6.01 Å². The Morgan fingerprint density at radius 2 is 2.03 bits per heavy atom. The summed E-state index contributed by atoms with van der Waals surface area (Å²) < 4.78 is 22.8. The first-order chi connectivity index (χ1) is 17.9. The zero-order valence-electron chi connectivity index (χ0n) is 20.9. The molecule has 3 saturated heterocycles. The van der Waals surface area contributed by atoms with Crippen molar-refractivity contribution in [1.82, 2.24) is 30.4 Å². The average Bonchev–Trinajstić information content (AvgIpc) is 3.60. The Morgan fingerprint density at radius 3 is 2.76 bits per heavy atom. The van der Waals surface area contributed by atoms with Crippen LogP contribution in [0.15, 0.2) is 24.4 Å². The number of benzene rings is 2. The van der Waals surface area contributed by atoms with E-state index in [1.807, 2.05) is 25.1 Å². The molecule has 192 valence electrons. The third kappa shape index (κ3) is 3.74. The van der Waals surface area contributed by atoms with E-state index in [-0.39, 0.29) is 23.0 Å². The van der Waals surface area contributed by atoms with Crippen molar-refractivity contribution < 1.29 is 9.13 Å². The van der Waals surface area contributed by atoms with E-state index in [1.165, 1.54) is 0 Å². The van der Waals surface area contributed by atoms with E-state index < -0.39 is 5.82 Å². The van der Waals surface area contributed by atoms with Gasteiger partial charge in [0.2, 0.25) is 0 Å². The minimum absolute atomic E-state index is 0.0205. The summed E-state index contributed by atoms with van der Waals surface area (Å²) in [5.74, 6) is 0.233. The molecule has 7 rings (SSSR count). The Hall–Kier alpha value is -3.01. The third-order valence-corrected chi connectivity index (χ3v) is 8.58. The van der Waals surface area contributed by atoms with E-state index in [1.54, 1.807) is 6.20 Å². The van der Waals surface area contributed by atoms with Crippen molar-refractivity contribution in [3.8, 4) is 17.1 Å². The number of anilines is 1. The van der Waals surface area contributed by atoms with Crippen LogP contribution in [0.25, 0.3) is 32.9 Å². The molecular formula is C27H29ClFN7O. The molecule has 8 nitrogen and oxygen atoms in total. The molecule has 0 aliphatic carbocycles. The van der Waals surface area contributed by atoms with Crippen LogP contribution < -0.4 is 15.0 Å². The van der Waals surface area contributed by atoms with Crippen LogP contribution in [-0.4, -0.2) is 77.5 Å². The van der Waals surface area contributed by atoms with E-state index in [9.17, 15) is 0 Å². The monoisotopic (exact) mass is 521 g/mol. The molecule has 3 fully saturated rings. The van der Waals surface area contributed by atoms with Gasteiger partial charge in [0.15, 0.2) is 5.82 Å². The van der Waals surface area contributed by atoms with Gasteiger partial charge in [0.25, 0.3) is 0 Å². The highest BCUT2D eigenvalue weighted by Crippen LogP contribution is 2.44. The second-order valence-corrected chi connectivity index (χ2v) is 11.3. The number of nitrogens with one attached hydrogen (secondary N) is 2. The quantitative estimate of drug-likeness (QED) is 0.417. The minimum Gasteiger partial charge on any atom is -0.459 e. The minimum atomic E-state index is -0.462. The van der Waals surface area contributed by atoms with E-state index in [2.05, 4.69) is 37.3 Å². The number of nitrogens with zero attached hydrogens (tertiary/aromatic N) is 5. The molecule has 0 bridgehead atoms. The van der Waals surface area contributed by atoms with Crippen LogP contribution >= 0.6 is 11.6 Å². The van der Waals surface area contributed by atoms with Crippen LogP contribution in [0.1, 0.15) is 18.4 Å². The molecule has 2 aromatic carbocycles. The Labute approximate surface area is 219 Å². The lowest BCUT2D eigenvalue weighted by Gasteiger charge is -2.39. The number of likely N-dealkylation sites (tertiary alicyclic amines) is 1. The molecule has 2 aromatic heterocycles. The largest absolute Gasteiger partial charge is 0.459 e. The molecule has 1 atom stereocenters. The van der Waals surface area contributed by atoms with Gasteiger partial charge in [0.1, 0.15) is 17.4 Å². The highest BCUT2D eigenvalue weighted by molar-refractivity contribution is 6.35. The van der Waals surface area contributed by atoms with Gasteiger partial charge in [0, 0.05) is 66.6 Å². The van der Waals surface area contributed by atoms with Crippen molar-refractivity contribution >= 4 is 39.2 Å². The summed E-state index contributed by atoms with van der Waals surface area (Å²) in [6.07, 6.45) is 3.66. The summed E-state index contributed by atoms with van der Waals surface area (Å²) >= 11 is 6.86. The van der Waals surface area contributed by atoms with Gasteiger partial charge in [-0.3, -0.25) is 5.10 Å². The summed E-state index contributed by atoms with van der Waals surface area (Å²) in [5.41, 5.74) is 3.27. The summed E-state index contributed by atoms with van der Waals surface area (Å²) in [7, 11) is 2.07. The second-order valence-electron chi connectivity index (χ2n) is 10.9. The van der Waals surface area contributed by atoms with E-state index >= 15 is 4.39 Å². The maximum atomic E-state index is 16.6. The molecule has 10 heteroatoms. The first-order valence-corrected chi connectivity index (χ1v) is 13.2. The van der Waals surface area contributed by atoms with Gasteiger partial charge in [0.05, 0.1) is 16.7 Å². The zero-order chi connectivity index (χ0) is 25.3. The predicted molar refractivity (Wildman–Crippen MR) is 143 cm³/mol. The highest BCUT2D eigenvalue weighted by atomic mass is 35.5. The smallest absolute Gasteiger partial charge is 0.319 e. The number of halogens is 2. The molecule has 0 amide bonds. The lowest BCUT2D eigenvalue weighted by Crippen LogP contribution is -2.54. The topological polar surface area (TPSA) is 82.2 Å². The molecule has 4 aromatic rings. The number of aromatic nitrogens is 4. The van der Waals surface area contributed by atoms with Crippen molar-refractivity contribution in [2.45, 2.75) is 25.9 Å². The summed E-state index contributed by atoms with van der Waals surface area (Å²) in [6, 6.07) is 5.93. The van der Waals surface area contributed by atoms with Crippen molar-refractivity contribution in [3.05, 3.63) is 40.8 Å². The number of fused-ring (bicyclic) bond motifs is 2. The predicted octanol–water partition coefficient (Wildman–Crippen LogP) is 4.16. The first kappa shape index (κ1) is 23.1. The molecular weight excluding hydrogens is 493 g/mol. The van der Waals surface area contributed by atoms with Crippen LogP contribution in [-0.2, 0) is 0 Å². The standard InChI is InChI=1S/C27H29ClFN7O/c1-15-3-4-20-18(10-31-34-20)21(15)22-19(28)9-17-24(23(22)29)32-26(37-16-5-7-35(2)11-16)33-25(17)36-8-6-27(14-36)12-30-13-27/h3-4,9-10,16,30H,5-8,11-14H2,1-2H3,(H,31,34). The van der Waals surface area contributed by atoms with E-state index in [0.717, 1.165) is 74.1 Å². The SMILES string of the molecule is Cc1ccc2[nH]ncc2c1-c1c(Cl)cc2c(N3CCC4(CNC4)C3)nc(OC3CCN(C)C3)nc2c1F. The maximum Gasteiger partial charge on any atom is 0.319 e. The maximum absolute atomic E-state index is 16.6. The molecule has 2 N–H and O–H groups in total. The van der Waals surface area contributed by atoms with E-state index in [0.29, 0.717) is 21.8 Å². The van der Waals surface area contributed by atoms with Crippen LogP contribution in [0.5, 0.6) is 6.01 Å². The highest BCUT2D eigenvalue weighted by Gasteiger charge is 2.44. The van der Waals surface area contributed by atoms with Crippen molar-refractivity contribution in [2.75, 3.05) is 51.2 Å². The lowest BCUT2D eigenvalue weighted by atomic mass is 9.81. The van der Waals surface area contributed by atoms with Crippen LogP contribution in [0.3, 0.4) is 0 Å². The normalized spacial score (nSPS) is 21.4. The van der Waals surface area contributed by atoms with Crippen LogP contribution in [0.2, 0.25) is 5.02 Å². The Kier molecular flexibility index (Phi) is 5.32. The summed E-state index contributed by atoms with van der Waals surface area (Å²) in [6.45, 7) is 7.42. The van der Waals surface area contributed by atoms with Gasteiger partial charge in [-0.15, -0.1) is 0 Å². The number of hydrogen-bond acceptors (Lipinski definition) is 7. The van der Waals surface area contributed by atoms with Gasteiger partial charge in [-0.2, -0.15) is 15.1 Å². The molecule has 1 spiro atoms. The summed E-state index contributed by atoms with van der Waals surface area (Å²) in [4.78, 5) is 14.0. The van der Waals surface area contributed by atoms with Gasteiger partial charge in [-0.25, -0.2) is 4.39 Å². The number of H-pyrrole nitrogens is 1. The second kappa shape index (κ2) is 8.51. The number of likely N-dealkylation sites (N-methyl/N-ethyl adjacent to an activating group) is 1. The fourth-order valence-corrected chi connectivity index (χ4v) is 6.45. The number of aromatic amines is 1. The Balaban J connectivity index is 1.41. The fourth-order valence-electron chi connectivity index (χ4n) is 6.16. The molecule has 1 unspecified atom stereocenters. The van der Waals surface area contributed by atoms with Crippen molar-refractivity contribution in [2.24, 2.45) is 5.41 Å². The van der Waals surface area contributed by atoms with Gasteiger partial charge in [-0.1, -0.05) is 17.7 Å². The van der Waals surface area contributed by atoms with Crippen LogP contribution in [0, 0.1) is 18.2 Å². The average molecular weight is 522 g/mol. The fraction of sp³-hybridized carbons (Fsp3) is 0.444. The first-order valence-electron chi connectivity index (χ1n) is 12.8. The molecule has 37 heavy (non-hydrogen) atoms. The lowest BCUT2D eigenvalue weighted by molar-refractivity contribution is 0.191. The van der Waals surface area contributed by atoms with Gasteiger partial charge in [-0.05, 0) is 44.5 Å². The number of ether oxygens (including phenoxy) is 1.